The normalized spacial score (nSPS) is 23.3. The van der Waals surface area contributed by atoms with Crippen LogP contribution < -0.4 is 5.32 Å². The molecule has 2 rings (SSSR count). The maximum atomic E-state index is 11.4. The molecule has 5 heteroatoms. The molecule has 1 aromatic carbocycles. The number of β-amino-alcohol motifs (C(OH)–C–C–N with tert-alkyl or cyclic N) is 1. The van der Waals surface area contributed by atoms with Crippen molar-refractivity contribution in [3.8, 4) is 0 Å². The van der Waals surface area contributed by atoms with Gasteiger partial charge >= 0.3 is 6.09 Å². The lowest BCUT2D eigenvalue weighted by atomic mass is 10.0. The van der Waals surface area contributed by atoms with Gasteiger partial charge in [-0.2, -0.15) is 0 Å². The molecule has 0 saturated carbocycles. The summed E-state index contributed by atoms with van der Waals surface area (Å²) in [6.07, 6.45) is -0.280. The Hall–Kier alpha value is -1.59. The van der Waals surface area contributed by atoms with Crippen molar-refractivity contribution in [2.24, 2.45) is 0 Å². The monoisotopic (exact) mass is 278 g/mol. The van der Waals surface area contributed by atoms with Crippen molar-refractivity contribution in [1.82, 2.24) is 10.2 Å². The first-order valence-electron chi connectivity index (χ1n) is 7.06. The Morgan fingerprint density at radius 2 is 2.20 bits per heavy atom. The van der Waals surface area contributed by atoms with E-state index < -0.39 is 12.2 Å². The molecule has 0 radical (unpaired) electrons. The Kier molecular flexibility index (Phi) is 5.38. The average Bonchev–Trinajstić information content (AvgIpc) is 2.43. The predicted octanol–water partition coefficient (Wildman–Crippen LogP) is 1.37. The molecule has 110 valence electrons. The Balaban J connectivity index is 1.81. The zero-order chi connectivity index (χ0) is 14.4. The number of benzene rings is 1. The molecule has 2 unspecified atom stereocenters. The fourth-order valence-electron chi connectivity index (χ4n) is 2.47. The van der Waals surface area contributed by atoms with E-state index in [2.05, 4.69) is 22.3 Å². The van der Waals surface area contributed by atoms with Crippen LogP contribution in [0.5, 0.6) is 0 Å². The molecule has 1 aliphatic heterocycles. The first-order chi connectivity index (χ1) is 9.69. The Labute approximate surface area is 119 Å². The van der Waals surface area contributed by atoms with Gasteiger partial charge in [-0.15, -0.1) is 0 Å². The number of carbonyl (C=O) groups is 1. The summed E-state index contributed by atoms with van der Waals surface area (Å²) in [6.45, 7) is 4.34. The summed E-state index contributed by atoms with van der Waals surface area (Å²) in [5.41, 5.74) is 1.23. The van der Waals surface area contributed by atoms with Crippen molar-refractivity contribution in [2.45, 2.75) is 32.0 Å². The van der Waals surface area contributed by atoms with E-state index in [0.717, 1.165) is 19.5 Å². The molecule has 2 N–H and O–H groups in total. The molecule has 0 aliphatic carbocycles. The number of alkyl carbamates (subject to hydrolysis) is 1. The maximum Gasteiger partial charge on any atom is 0.407 e. The minimum absolute atomic E-state index is 0.221. The Morgan fingerprint density at radius 3 is 2.85 bits per heavy atom. The molecule has 20 heavy (non-hydrogen) atoms. The molecular weight excluding hydrogens is 256 g/mol. The van der Waals surface area contributed by atoms with Crippen molar-refractivity contribution in [3.63, 3.8) is 0 Å². The summed E-state index contributed by atoms with van der Waals surface area (Å²) in [5, 5.41) is 12.8. The van der Waals surface area contributed by atoms with Crippen molar-refractivity contribution in [1.29, 1.82) is 0 Å². The summed E-state index contributed by atoms with van der Waals surface area (Å²) < 4.78 is 4.84. The Morgan fingerprint density at radius 1 is 1.45 bits per heavy atom. The fraction of sp³-hybridized carbons (Fsp3) is 0.533. The molecule has 1 fully saturated rings. The lowest BCUT2D eigenvalue weighted by Gasteiger charge is -2.36. The summed E-state index contributed by atoms with van der Waals surface area (Å²) in [7, 11) is 0. The minimum atomic E-state index is -0.558. The third kappa shape index (κ3) is 4.21. The molecule has 2 atom stereocenters. The van der Waals surface area contributed by atoms with Gasteiger partial charge in [-0.05, 0) is 18.9 Å². The molecule has 1 saturated heterocycles. The SMILES string of the molecule is CCOC(=O)NC1CCN(Cc2ccccc2)CC1O. The van der Waals surface area contributed by atoms with Crippen molar-refractivity contribution < 1.29 is 14.6 Å². The van der Waals surface area contributed by atoms with Gasteiger partial charge in [0.2, 0.25) is 0 Å². The highest BCUT2D eigenvalue weighted by atomic mass is 16.5. The van der Waals surface area contributed by atoms with Gasteiger partial charge in [0.15, 0.2) is 0 Å². The van der Waals surface area contributed by atoms with E-state index in [1.165, 1.54) is 5.56 Å². The fourth-order valence-corrected chi connectivity index (χ4v) is 2.47. The van der Waals surface area contributed by atoms with Crippen molar-refractivity contribution >= 4 is 6.09 Å². The number of nitrogens with one attached hydrogen (secondary N) is 1. The van der Waals surface area contributed by atoms with Gasteiger partial charge in [0, 0.05) is 19.6 Å². The van der Waals surface area contributed by atoms with Crippen LogP contribution in [-0.4, -0.2) is 47.9 Å². The zero-order valence-corrected chi connectivity index (χ0v) is 11.8. The number of piperidine rings is 1. The molecule has 1 heterocycles. The molecule has 0 spiro atoms. The van der Waals surface area contributed by atoms with Crippen LogP contribution in [0.25, 0.3) is 0 Å². The van der Waals surface area contributed by atoms with Crippen LogP contribution in [0.4, 0.5) is 4.79 Å². The van der Waals surface area contributed by atoms with Crippen LogP contribution in [0, 0.1) is 0 Å². The van der Waals surface area contributed by atoms with E-state index in [9.17, 15) is 9.90 Å². The van der Waals surface area contributed by atoms with E-state index in [-0.39, 0.29) is 6.04 Å². The highest BCUT2D eigenvalue weighted by molar-refractivity contribution is 5.67. The smallest absolute Gasteiger partial charge is 0.407 e. The van der Waals surface area contributed by atoms with Crippen LogP contribution >= 0.6 is 0 Å². The predicted molar refractivity (Wildman–Crippen MR) is 76.3 cm³/mol. The van der Waals surface area contributed by atoms with Crippen molar-refractivity contribution in [2.75, 3.05) is 19.7 Å². The van der Waals surface area contributed by atoms with Crippen LogP contribution in [0.15, 0.2) is 30.3 Å². The van der Waals surface area contributed by atoms with Gasteiger partial charge in [-0.1, -0.05) is 30.3 Å². The zero-order valence-electron chi connectivity index (χ0n) is 11.8. The molecule has 5 nitrogen and oxygen atoms in total. The second-order valence-corrected chi connectivity index (χ2v) is 5.05. The van der Waals surface area contributed by atoms with E-state index >= 15 is 0 Å². The van der Waals surface area contributed by atoms with Crippen LogP contribution in [0.1, 0.15) is 18.9 Å². The first kappa shape index (κ1) is 14.8. The van der Waals surface area contributed by atoms with Gasteiger partial charge in [-0.25, -0.2) is 4.79 Å². The first-order valence-corrected chi connectivity index (χ1v) is 7.06. The Bertz CT molecular complexity index is 424. The minimum Gasteiger partial charge on any atom is -0.450 e. The molecule has 1 aromatic rings. The highest BCUT2D eigenvalue weighted by Crippen LogP contribution is 2.14. The largest absolute Gasteiger partial charge is 0.450 e. The number of rotatable bonds is 4. The van der Waals surface area contributed by atoms with Crippen LogP contribution in [-0.2, 0) is 11.3 Å². The van der Waals surface area contributed by atoms with Gasteiger partial charge in [0.1, 0.15) is 0 Å². The second kappa shape index (κ2) is 7.26. The van der Waals surface area contributed by atoms with Gasteiger partial charge in [-0.3, -0.25) is 4.90 Å². The highest BCUT2D eigenvalue weighted by Gasteiger charge is 2.29. The standard InChI is InChI=1S/C15H22N2O3/c1-2-20-15(19)16-13-8-9-17(11-14(13)18)10-12-6-4-3-5-7-12/h3-7,13-14,18H,2,8-11H2,1H3,(H,16,19). The van der Waals surface area contributed by atoms with E-state index in [0.29, 0.717) is 13.2 Å². The summed E-state index contributed by atoms with van der Waals surface area (Å²) in [5.74, 6) is 0. The van der Waals surface area contributed by atoms with Crippen molar-refractivity contribution in [3.05, 3.63) is 35.9 Å². The maximum absolute atomic E-state index is 11.4. The number of aliphatic hydroxyl groups is 1. The van der Waals surface area contributed by atoms with Crippen LogP contribution in [0.2, 0.25) is 0 Å². The molecule has 0 bridgehead atoms. The van der Waals surface area contributed by atoms with E-state index in [4.69, 9.17) is 4.74 Å². The van der Waals surface area contributed by atoms with Crippen LogP contribution in [0.3, 0.4) is 0 Å². The summed E-state index contributed by atoms with van der Waals surface area (Å²) in [6, 6.07) is 9.96. The third-order valence-corrected chi connectivity index (χ3v) is 3.49. The third-order valence-electron chi connectivity index (χ3n) is 3.49. The summed E-state index contributed by atoms with van der Waals surface area (Å²) >= 11 is 0. The number of amides is 1. The molecular formula is C15H22N2O3. The number of nitrogens with zero attached hydrogens (tertiary/aromatic N) is 1. The van der Waals surface area contributed by atoms with E-state index in [1.54, 1.807) is 6.92 Å². The molecule has 1 aliphatic rings. The average molecular weight is 278 g/mol. The van der Waals surface area contributed by atoms with E-state index in [1.807, 2.05) is 18.2 Å². The number of aliphatic hydroxyl groups excluding tert-OH is 1. The summed E-state index contributed by atoms with van der Waals surface area (Å²) in [4.78, 5) is 13.6. The lowest BCUT2D eigenvalue weighted by molar-refractivity contribution is 0.0348. The molecule has 0 aromatic heterocycles. The van der Waals surface area contributed by atoms with Gasteiger partial charge in [0.25, 0.3) is 0 Å². The number of ether oxygens (including phenoxy) is 1. The topological polar surface area (TPSA) is 61.8 Å². The number of hydrogen-bond acceptors (Lipinski definition) is 4. The quantitative estimate of drug-likeness (QED) is 0.873. The lowest BCUT2D eigenvalue weighted by Crippen LogP contribution is -2.53. The molecule has 1 amide bonds. The second-order valence-electron chi connectivity index (χ2n) is 5.05. The van der Waals surface area contributed by atoms with Gasteiger partial charge < -0.3 is 15.2 Å². The van der Waals surface area contributed by atoms with Gasteiger partial charge in [0.05, 0.1) is 18.8 Å². The number of likely N-dealkylation sites (tertiary alicyclic amines) is 1. The number of carbonyl (C=O) groups excluding carboxylic acids is 1. The number of hydrogen-bond donors (Lipinski definition) is 2.